The van der Waals surface area contributed by atoms with E-state index in [1.807, 2.05) is 18.2 Å². The number of carbonyl (C=O) groups excluding carboxylic acids is 2. The van der Waals surface area contributed by atoms with Crippen molar-refractivity contribution in [1.29, 1.82) is 0 Å². The van der Waals surface area contributed by atoms with E-state index in [9.17, 15) is 9.59 Å². The van der Waals surface area contributed by atoms with Crippen LogP contribution in [-0.4, -0.2) is 39.7 Å². The van der Waals surface area contributed by atoms with E-state index >= 15 is 0 Å². The Labute approximate surface area is 166 Å². The first-order valence-corrected chi connectivity index (χ1v) is 9.97. The van der Waals surface area contributed by atoms with E-state index < -0.39 is 0 Å². The Morgan fingerprint density at radius 1 is 1.14 bits per heavy atom. The fourth-order valence-corrected chi connectivity index (χ4v) is 3.96. The molecule has 142 valence electrons. The second-order valence-corrected chi connectivity index (χ2v) is 7.37. The lowest BCUT2D eigenvalue weighted by molar-refractivity contribution is 0.0896. The minimum absolute atomic E-state index is 0.0330. The average molecular weight is 393 g/mol. The maximum absolute atomic E-state index is 12.9. The van der Waals surface area contributed by atoms with Crippen LogP contribution in [0.4, 0.5) is 5.69 Å². The number of thiazole rings is 1. The van der Waals surface area contributed by atoms with Crippen molar-refractivity contribution < 1.29 is 9.59 Å². The van der Waals surface area contributed by atoms with E-state index in [2.05, 4.69) is 25.6 Å². The summed E-state index contributed by atoms with van der Waals surface area (Å²) in [6, 6.07) is 7.21. The van der Waals surface area contributed by atoms with Crippen LogP contribution in [0.5, 0.6) is 0 Å². The molecular weight excluding hydrogens is 374 g/mol. The smallest absolute Gasteiger partial charge is 0.275 e. The van der Waals surface area contributed by atoms with Gasteiger partial charge in [-0.25, -0.2) is 4.98 Å². The number of hydrogen-bond acceptors (Lipinski definition) is 7. The topological polar surface area (TPSA) is 96.9 Å². The highest BCUT2D eigenvalue weighted by Gasteiger charge is 2.25. The number of carbonyl (C=O) groups is 2. The number of nitrogens with one attached hydrogen (secondary N) is 2. The average Bonchev–Trinajstić information content (AvgIpc) is 3.25. The van der Waals surface area contributed by atoms with Gasteiger partial charge in [-0.1, -0.05) is 6.07 Å². The summed E-state index contributed by atoms with van der Waals surface area (Å²) in [6.07, 6.45) is 6.37. The van der Waals surface area contributed by atoms with Gasteiger partial charge in [0.25, 0.3) is 5.91 Å². The standard InChI is InChI=1S/C20H19N5O2S/c26-18(13-4-8-21-9-5-13)14-6-10-22-11-16(14)24-19(27)17-12-28-20(25-17)15-3-1-2-7-23-15/h1-3,6-7,10-13,21H,4-5,8-9H2,(H,24,27). The molecule has 0 atom stereocenters. The molecule has 3 aromatic rings. The summed E-state index contributed by atoms with van der Waals surface area (Å²) in [6.45, 7) is 1.66. The van der Waals surface area contributed by atoms with Crippen molar-refractivity contribution in [2.75, 3.05) is 18.4 Å². The van der Waals surface area contributed by atoms with Crippen molar-refractivity contribution in [2.45, 2.75) is 12.8 Å². The number of pyridine rings is 2. The molecule has 28 heavy (non-hydrogen) atoms. The summed E-state index contributed by atoms with van der Waals surface area (Å²) < 4.78 is 0. The van der Waals surface area contributed by atoms with Gasteiger partial charge in [-0.05, 0) is 44.1 Å². The Hall–Kier alpha value is -2.97. The molecule has 3 aromatic heterocycles. The molecule has 0 spiro atoms. The van der Waals surface area contributed by atoms with Gasteiger partial charge in [0.15, 0.2) is 5.78 Å². The van der Waals surface area contributed by atoms with Crippen molar-refractivity contribution >= 4 is 28.7 Å². The van der Waals surface area contributed by atoms with Crippen LogP contribution >= 0.6 is 11.3 Å². The molecule has 1 saturated heterocycles. The summed E-state index contributed by atoms with van der Waals surface area (Å²) in [7, 11) is 0. The van der Waals surface area contributed by atoms with Crippen molar-refractivity contribution in [3.05, 3.63) is 59.5 Å². The molecule has 0 aromatic carbocycles. The lowest BCUT2D eigenvalue weighted by Gasteiger charge is -2.22. The molecule has 1 fully saturated rings. The Kier molecular flexibility index (Phi) is 5.50. The van der Waals surface area contributed by atoms with Crippen LogP contribution in [0.2, 0.25) is 0 Å². The second-order valence-electron chi connectivity index (χ2n) is 6.52. The minimum atomic E-state index is -0.370. The third kappa shape index (κ3) is 3.97. The maximum atomic E-state index is 12.9. The highest BCUT2D eigenvalue weighted by molar-refractivity contribution is 7.13. The summed E-state index contributed by atoms with van der Waals surface area (Å²) in [5.74, 6) is -0.355. The van der Waals surface area contributed by atoms with E-state index in [1.54, 1.807) is 23.8 Å². The Morgan fingerprint density at radius 2 is 2.00 bits per heavy atom. The largest absolute Gasteiger partial charge is 0.319 e. The highest BCUT2D eigenvalue weighted by Crippen LogP contribution is 2.25. The Bertz CT molecular complexity index is 983. The van der Waals surface area contributed by atoms with Crippen LogP contribution in [-0.2, 0) is 0 Å². The van der Waals surface area contributed by atoms with Gasteiger partial charge in [0.1, 0.15) is 10.7 Å². The molecule has 2 N–H and O–H groups in total. The minimum Gasteiger partial charge on any atom is -0.319 e. The first kappa shape index (κ1) is 18.4. The predicted molar refractivity (Wildman–Crippen MR) is 107 cm³/mol. The number of nitrogens with zero attached hydrogens (tertiary/aromatic N) is 3. The lowest BCUT2D eigenvalue weighted by Crippen LogP contribution is -2.32. The van der Waals surface area contributed by atoms with Crippen LogP contribution in [0.25, 0.3) is 10.7 Å². The zero-order valence-corrected chi connectivity index (χ0v) is 15.9. The normalized spacial score (nSPS) is 14.6. The van der Waals surface area contributed by atoms with E-state index in [0.29, 0.717) is 16.3 Å². The van der Waals surface area contributed by atoms with Gasteiger partial charge in [-0.15, -0.1) is 11.3 Å². The number of rotatable bonds is 5. The Balaban J connectivity index is 1.52. The van der Waals surface area contributed by atoms with Crippen LogP contribution in [0.3, 0.4) is 0 Å². The third-order valence-corrected chi connectivity index (χ3v) is 5.53. The first-order valence-electron chi connectivity index (χ1n) is 9.09. The third-order valence-electron chi connectivity index (χ3n) is 4.67. The van der Waals surface area contributed by atoms with Gasteiger partial charge in [0.2, 0.25) is 0 Å². The number of ketones is 1. The van der Waals surface area contributed by atoms with Gasteiger partial charge >= 0.3 is 0 Å². The molecule has 0 radical (unpaired) electrons. The number of hydrogen-bond donors (Lipinski definition) is 2. The summed E-state index contributed by atoms with van der Waals surface area (Å²) in [5.41, 5.74) is 1.92. The fourth-order valence-electron chi connectivity index (χ4n) is 3.18. The number of aromatic nitrogens is 3. The van der Waals surface area contributed by atoms with Gasteiger partial charge in [0, 0.05) is 29.3 Å². The summed E-state index contributed by atoms with van der Waals surface area (Å²) >= 11 is 1.35. The highest BCUT2D eigenvalue weighted by atomic mass is 32.1. The monoisotopic (exact) mass is 393 g/mol. The van der Waals surface area contributed by atoms with Crippen molar-refractivity contribution in [2.24, 2.45) is 5.92 Å². The Morgan fingerprint density at radius 3 is 2.79 bits per heavy atom. The van der Waals surface area contributed by atoms with Crippen molar-refractivity contribution in [3.8, 4) is 10.7 Å². The van der Waals surface area contributed by atoms with Crippen LogP contribution < -0.4 is 10.6 Å². The molecule has 4 heterocycles. The number of amides is 1. The first-order chi connectivity index (χ1) is 13.7. The van der Waals surface area contributed by atoms with Gasteiger partial charge < -0.3 is 10.6 Å². The van der Waals surface area contributed by atoms with Crippen LogP contribution in [0, 0.1) is 5.92 Å². The molecule has 1 aliphatic rings. The molecular formula is C20H19N5O2S. The quantitative estimate of drug-likeness (QED) is 0.647. The van der Waals surface area contributed by atoms with Crippen molar-refractivity contribution in [3.63, 3.8) is 0 Å². The van der Waals surface area contributed by atoms with E-state index in [4.69, 9.17) is 0 Å². The van der Waals surface area contributed by atoms with E-state index in [0.717, 1.165) is 31.6 Å². The SMILES string of the molecule is O=C(Nc1cnccc1C(=O)C1CCNCC1)c1csc(-c2ccccn2)n1. The molecule has 0 bridgehead atoms. The molecule has 8 heteroatoms. The zero-order chi connectivity index (χ0) is 19.3. The van der Waals surface area contributed by atoms with Crippen molar-refractivity contribution in [1.82, 2.24) is 20.3 Å². The number of piperidine rings is 1. The molecule has 7 nitrogen and oxygen atoms in total. The zero-order valence-electron chi connectivity index (χ0n) is 15.1. The number of Topliss-reactive ketones (excluding diaryl/α,β-unsaturated/α-hetero) is 1. The maximum Gasteiger partial charge on any atom is 0.275 e. The summed E-state index contributed by atoms with van der Waals surface area (Å²) in [5, 5.41) is 8.41. The molecule has 1 amide bonds. The van der Waals surface area contributed by atoms with Crippen LogP contribution in [0.15, 0.2) is 48.2 Å². The summed E-state index contributed by atoms with van der Waals surface area (Å²) in [4.78, 5) is 38.3. The predicted octanol–water partition coefficient (Wildman–Crippen LogP) is 3.03. The van der Waals surface area contributed by atoms with E-state index in [1.165, 1.54) is 17.5 Å². The van der Waals surface area contributed by atoms with Crippen LogP contribution in [0.1, 0.15) is 33.7 Å². The van der Waals surface area contributed by atoms with Gasteiger partial charge in [0.05, 0.1) is 17.6 Å². The fraction of sp³-hybridized carbons (Fsp3) is 0.250. The van der Waals surface area contributed by atoms with E-state index in [-0.39, 0.29) is 23.3 Å². The van der Waals surface area contributed by atoms with Gasteiger partial charge in [-0.3, -0.25) is 19.6 Å². The van der Waals surface area contributed by atoms with Gasteiger partial charge in [-0.2, -0.15) is 0 Å². The molecule has 0 saturated carbocycles. The molecule has 4 rings (SSSR count). The molecule has 1 aliphatic heterocycles. The second kappa shape index (κ2) is 8.37. The molecule has 0 aliphatic carbocycles. The number of anilines is 1. The lowest BCUT2D eigenvalue weighted by atomic mass is 9.89. The molecule has 0 unspecified atom stereocenters.